The second kappa shape index (κ2) is 3.14. The third-order valence-electron chi connectivity index (χ3n) is 2.71. The highest BCUT2D eigenvalue weighted by molar-refractivity contribution is 5.07. The third-order valence-corrected chi connectivity index (χ3v) is 2.71. The first-order valence-electron chi connectivity index (χ1n) is 4.93. The number of hydrogen-bond acceptors (Lipinski definition) is 2. The average Bonchev–Trinajstić information content (AvgIpc) is 2.81. The van der Waals surface area contributed by atoms with Crippen molar-refractivity contribution < 1.29 is 0 Å². The van der Waals surface area contributed by atoms with E-state index in [4.69, 9.17) is 5.73 Å². The molecule has 3 heteroatoms. The summed E-state index contributed by atoms with van der Waals surface area (Å²) in [5.74, 6) is 0.754. The summed E-state index contributed by atoms with van der Waals surface area (Å²) in [4.78, 5) is 0. The van der Waals surface area contributed by atoms with E-state index in [9.17, 15) is 0 Å². The minimum atomic E-state index is 0.304. The van der Waals surface area contributed by atoms with E-state index >= 15 is 0 Å². The molecule has 0 aliphatic heterocycles. The van der Waals surface area contributed by atoms with Crippen LogP contribution in [0, 0.1) is 19.8 Å². The molecule has 2 N–H and O–H groups in total. The van der Waals surface area contributed by atoms with Gasteiger partial charge < -0.3 is 5.73 Å². The topological polar surface area (TPSA) is 43.8 Å². The third kappa shape index (κ3) is 1.91. The van der Waals surface area contributed by atoms with Crippen LogP contribution in [0.3, 0.4) is 0 Å². The van der Waals surface area contributed by atoms with Gasteiger partial charge in [-0.25, -0.2) is 0 Å². The molecule has 0 spiro atoms. The van der Waals surface area contributed by atoms with Gasteiger partial charge in [-0.1, -0.05) is 0 Å². The van der Waals surface area contributed by atoms with Crippen molar-refractivity contribution in [3.63, 3.8) is 0 Å². The number of nitrogens with zero attached hydrogens (tertiary/aromatic N) is 2. The Morgan fingerprint density at radius 3 is 2.77 bits per heavy atom. The Morgan fingerprint density at radius 1 is 1.62 bits per heavy atom. The summed E-state index contributed by atoms with van der Waals surface area (Å²) in [5.41, 5.74) is 8.33. The number of aryl methyl sites for hydroxylation is 2. The van der Waals surface area contributed by atoms with Crippen molar-refractivity contribution in [3.8, 4) is 0 Å². The fraction of sp³-hybridized carbons (Fsp3) is 0.700. The monoisotopic (exact) mass is 179 g/mol. The van der Waals surface area contributed by atoms with Crippen LogP contribution in [0.15, 0.2) is 6.07 Å². The molecule has 0 amide bonds. The lowest BCUT2D eigenvalue weighted by atomic mass is 10.2. The molecule has 13 heavy (non-hydrogen) atoms. The van der Waals surface area contributed by atoms with E-state index in [2.05, 4.69) is 18.1 Å². The van der Waals surface area contributed by atoms with E-state index < -0.39 is 0 Å². The van der Waals surface area contributed by atoms with Crippen molar-refractivity contribution >= 4 is 0 Å². The van der Waals surface area contributed by atoms with Crippen LogP contribution in [0.1, 0.15) is 24.2 Å². The van der Waals surface area contributed by atoms with Gasteiger partial charge in [-0.15, -0.1) is 0 Å². The second-order valence-corrected chi connectivity index (χ2v) is 4.11. The Bertz CT molecular complexity index is 299. The highest BCUT2D eigenvalue weighted by atomic mass is 15.3. The molecule has 1 unspecified atom stereocenters. The lowest BCUT2D eigenvalue weighted by molar-refractivity contribution is 0.462. The van der Waals surface area contributed by atoms with Crippen LogP contribution >= 0.6 is 0 Å². The zero-order valence-electron chi connectivity index (χ0n) is 8.33. The molecular weight excluding hydrogens is 162 g/mol. The molecule has 2 rings (SSSR count). The Hall–Kier alpha value is -0.830. The molecule has 72 valence electrons. The molecule has 3 nitrogen and oxygen atoms in total. The normalized spacial score (nSPS) is 19.0. The zero-order chi connectivity index (χ0) is 9.42. The van der Waals surface area contributed by atoms with Crippen LogP contribution in [0.5, 0.6) is 0 Å². The van der Waals surface area contributed by atoms with Crippen molar-refractivity contribution in [3.05, 3.63) is 17.5 Å². The number of aromatic nitrogens is 2. The molecule has 1 fully saturated rings. The minimum absolute atomic E-state index is 0.304. The van der Waals surface area contributed by atoms with Gasteiger partial charge in [-0.3, -0.25) is 4.68 Å². The van der Waals surface area contributed by atoms with Gasteiger partial charge in [0.2, 0.25) is 0 Å². The van der Waals surface area contributed by atoms with Crippen LogP contribution in [0.25, 0.3) is 0 Å². The van der Waals surface area contributed by atoms with Gasteiger partial charge in [-0.2, -0.15) is 5.10 Å². The molecule has 1 saturated carbocycles. The van der Waals surface area contributed by atoms with E-state index in [1.807, 2.05) is 11.6 Å². The van der Waals surface area contributed by atoms with Gasteiger partial charge >= 0.3 is 0 Å². The van der Waals surface area contributed by atoms with E-state index in [1.165, 1.54) is 18.5 Å². The van der Waals surface area contributed by atoms with Crippen LogP contribution < -0.4 is 5.73 Å². The molecule has 1 aromatic rings. The number of nitrogens with two attached hydrogens (primary N) is 1. The van der Waals surface area contributed by atoms with Crippen LogP contribution in [0.4, 0.5) is 0 Å². The molecular formula is C10H17N3. The molecule has 1 heterocycles. The van der Waals surface area contributed by atoms with Gasteiger partial charge in [-0.05, 0) is 38.7 Å². The largest absolute Gasteiger partial charge is 0.326 e. The Kier molecular flexibility index (Phi) is 2.12. The maximum Gasteiger partial charge on any atom is 0.0596 e. The number of hydrogen-bond donors (Lipinski definition) is 1. The summed E-state index contributed by atoms with van der Waals surface area (Å²) in [6.45, 7) is 4.98. The predicted octanol–water partition coefficient (Wildman–Crippen LogP) is 1.24. The van der Waals surface area contributed by atoms with Crippen molar-refractivity contribution in [2.45, 2.75) is 39.3 Å². The smallest absolute Gasteiger partial charge is 0.0596 e. The summed E-state index contributed by atoms with van der Waals surface area (Å²) in [7, 11) is 0. The first-order chi connectivity index (χ1) is 6.16. The van der Waals surface area contributed by atoms with Crippen LogP contribution in [0.2, 0.25) is 0 Å². The maximum absolute atomic E-state index is 6.03. The molecule has 1 aromatic heterocycles. The fourth-order valence-electron chi connectivity index (χ4n) is 1.73. The van der Waals surface area contributed by atoms with Crippen molar-refractivity contribution in [2.75, 3.05) is 0 Å². The lowest BCUT2D eigenvalue weighted by Gasteiger charge is -2.11. The van der Waals surface area contributed by atoms with Gasteiger partial charge in [0.1, 0.15) is 0 Å². The zero-order valence-corrected chi connectivity index (χ0v) is 8.33. The highest BCUT2D eigenvalue weighted by Gasteiger charge is 2.28. The molecule has 0 bridgehead atoms. The van der Waals surface area contributed by atoms with E-state index in [-0.39, 0.29) is 0 Å². The van der Waals surface area contributed by atoms with Gasteiger partial charge in [0.25, 0.3) is 0 Å². The van der Waals surface area contributed by atoms with E-state index in [1.54, 1.807) is 0 Å². The fourth-order valence-corrected chi connectivity index (χ4v) is 1.73. The van der Waals surface area contributed by atoms with Gasteiger partial charge in [0, 0.05) is 11.7 Å². The first kappa shape index (κ1) is 8.75. The second-order valence-electron chi connectivity index (χ2n) is 4.11. The number of rotatable bonds is 3. The molecule has 1 aliphatic rings. The van der Waals surface area contributed by atoms with Crippen molar-refractivity contribution in [1.82, 2.24) is 9.78 Å². The van der Waals surface area contributed by atoms with Crippen molar-refractivity contribution in [1.29, 1.82) is 0 Å². The van der Waals surface area contributed by atoms with Gasteiger partial charge in [0.15, 0.2) is 0 Å². The molecule has 1 atom stereocenters. The molecule has 1 aliphatic carbocycles. The molecule has 0 saturated heterocycles. The summed E-state index contributed by atoms with van der Waals surface area (Å²) in [6.07, 6.45) is 2.61. The quantitative estimate of drug-likeness (QED) is 0.758. The standard InChI is InChI=1S/C10H17N3/c1-7-5-8(2)13(12-7)6-10(11)9-3-4-9/h5,9-10H,3-4,6,11H2,1-2H3. The Balaban J connectivity index is 2.03. The van der Waals surface area contributed by atoms with E-state index in [0.717, 1.165) is 18.2 Å². The first-order valence-corrected chi connectivity index (χ1v) is 4.93. The summed E-state index contributed by atoms with van der Waals surface area (Å²) >= 11 is 0. The Morgan fingerprint density at radius 2 is 2.31 bits per heavy atom. The van der Waals surface area contributed by atoms with E-state index in [0.29, 0.717) is 6.04 Å². The van der Waals surface area contributed by atoms with Crippen molar-refractivity contribution in [2.24, 2.45) is 11.7 Å². The lowest BCUT2D eigenvalue weighted by Crippen LogP contribution is -2.29. The maximum atomic E-state index is 6.03. The summed E-state index contributed by atoms with van der Waals surface area (Å²) in [6, 6.07) is 2.40. The SMILES string of the molecule is Cc1cc(C)n(CC(N)C2CC2)n1. The summed E-state index contributed by atoms with van der Waals surface area (Å²) < 4.78 is 2.03. The molecule has 0 aromatic carbocycles. The highest BCUT2D eigenvalue weighted by Crippen LogP contribution is 2.32. The predicted molar refractivity (Wildman–Crippen MR) is 52.4 cm³/mol. The molecule has 0 radical (unpaired) electrons. The van der Waals surface area contributed by atoms with Gasteiger partial charge in [0.05, 0.1) is 12.2 Å². The summed E-state index contributed by atoms with van der Waals surface area (Å²) in [5, 5.41) is 4.40. The van der Waals surface area contributed by atoms with Crippen LogP contribution in [-0.2, 0) is 6.54 Å². The Labute approximate surface area is 78.9 Å². The average molecular weight is 179 g/mol. The minimum Gasteiger partial charge on any atom is -0.326 e. The van der Waals surface area contributed by atoms with Crippen LogP contribution in [-0.4, -0.2) is 15.8 Å².